The number of nitrogens with two attached hydrogens (primary N) is 1. The van der Waals surface area contributed by atoms with Gasteiger partial charge in [0.2, 0.25) is 0 Å². The second kappa shape index (κ2) is 7.08. The molecule has 21 heavy (non-hydrogen) atoms. The van der Waals surface area contributed by atoms with Crippen LogP contribution in [0.5, 0.6) is 0 Å². The predicted octanol–water partition coefficient (Wildman–Crippen LogP) is 3.89. The molecule has 3 heteroatoms. The fourth-order valence-electron chi connectivity index (χ4n) is 2.55. The first-order chi connectivity index (χ1) is 9.99. The monoisotopic (exact) mass is 303 g/mol. The van der Waals surface area contributed by atoms with Crippen molar-refractivity contribution >= 4 is 11.6 Å². The van der Waals surface area contributed by atoms with Gasteiger partial charge in [-0.3, -0.25) is 0 Å². The fourth-order valence-corrected chi connectivity index (χ4v) is 2.74. The Bertz CT molecular complexity index is 599. The molecular weight excluding hydrogens is 282 g/mol. The maximum Gasteiger partial charge on any atom is 0.0944 e. The van der Waals surface area contributed by atoms with Crippen molar-refractivity contribution in [1.29, 1.82) is 0 Å². The molecule has 0 aliphatic heterocycles. The molecule has 0 heterocycles. The van der Waals surface area contributed by atoms with Crippen molar-refractivity contribution in [3.05, 3.63) is 70.2 Å². The second-order valence-corrected chi connectivity index (χ2v) is 6.12. The first-order valence-electron chi connectivity index (χ1n) is 7.22. The number of halogens is 1. The highest BCUT2D eigenvalue weighted by molar-refractivity contribution is 6.30. The normalized spacial score (nSPS) is 15.5. The summed E-state index contributed by atoms with van der Waals surface area (Å²) in [6.07, 6.45) is 0.147. The Morgan fingerprint density at radius 3 is 2.52 bits per heavy atom. The van der Waals surface area contributed by atoms with Crippen LogP contribution in [-0.4, -0.2) is 11.1 Å². The molecule has 0 amide bonds. The van der Waals surface area contributed by atoms with Crippen molar-refractivity contribution in [3.63, 3.8) is 0 Å². The van der Waals surface area contributed by atoms with Crippen molar-refractivity contribution in [2.45, 2.75) is 32.4 Å². The molecule has 2 aromatic rings. The second-order valence-electron chi connectivity index (χ2n) is 5.69. The number of rotatable bonds is 5. The number of hydrogen-bond acceptors (Lipinski definition) is 2. The minimum absolute atomic E-state index is 0.167. The van der Waals surface area contributed by atoms with Gasteiger partial charge in [-0.05, 0) is 48.1 Å². The quantitative estimate of drug-likeness (QED) is 0.880. The summed E-state index contributed by atoms with van der Waals surface area (Å²) in [6.45, 7) is 4.17. The third kappa shape index (κ3) is 4.07. The summed E-state index contributed by atoms with van der Waals surface area (Å²) in [5.41, 5.74) is 9.55. The van der Waals surface area contributed by atoms with E-state index >= 15 is 0 Å². The van der Waals surface area contributed by atoms with Gasteiger partial charge < -0.3 is 10.8 Å². The van der Waals surface area contributed by atoms with E-state index < -0.39 is 6.10 Å². The minimum atomic E-state index is -0.706. The summed E-state index contributed by atoms with van der Waals surface area (Å²) in [6, 6.07) is 15.2. The lowest BCUT2D eigenvalue weighted by Gasteiger charge is -2.26. The average molecular weight is 304 g/mol. The SMILES string of the molecule is Cc1ccccc1CC(C)[C@@H](N)[C@H](O)c1cccc(Cl)c1. The lowest BCUT2D eigenvalue weighted by Crippen LogP contribution is -2.36. The van der Waals surface area contributed by atoms with Gasteiger partial charge in [-0.2, -0.15) is 0 Å². The average Bonchev–Trinajstić information content (AvgIpc) is 2.48. The molecule has 0 fully saturated rings. The molecule has 3 N–H and O–H groups in total. The van der Waals surface area contributed by atoms with Gasteiger partial charge in [-0.25, -0.2) is 0 Å². The van der Waals surface area contributed by atoms with Crippen molar-refractivity contribution in [1.82, 2.24) is 0 Å². The van der Waals surface area contributed by atoms with Crippen LogP contribution in [0.15, 0.2) is 48.5 Å². The van der Waals surface area contributed by atoms with Crippen molar-refractivity contribution < 1.29 is 5.11 Å². The molecule has 0 aliphatic rings. The Kier molecular flexibility index (Phi) is 5.40. The van der Waals surface area contributed by atoms with Crippen molar-refractivity contribution in [2.75, 3.05) is 0 Å². The van der Waals surface area contributed by atoms with Gasteiger partial charge in [-0.1, -0.05) is 54.9 Å². The molecular formula is C18H22ClNO. The first kappa shape index (κ1) is 16.0. The van der Waals surface area contributed by atoms with Crippen molar-refractivity contribution in [2.24, 2.45) is 11.7 Å². The molecule has 1 unspecified atom stereocenters. The summed E-state index contributed by atoms with van der Waals surface area (Å²) in [5.74, 6) is 0.167. The standard InChI is InChI=1S/C18H22ClNO/c1-12-6-3-4-7-14(12)10-13(2)17(20)18(21)15-8-5-9-16(19)11-15/h3-9,11,13,17-18,21H,10,20H2,1-2H3/t13?,17-,18-/m1/s1. The van der Waals surface area contributed by atoms with Crippen LogP contribution in [0.4, 0.5) is 0 Å². The lowest BCUT2D eigenvalue weighted by molar-refractivity contribution is 0.121. The highest BCUT2D eigenvalue weighted by atomic mass is 35.5. The van der Waals surface area contributed by atoms with Gasteiger partial charge >= 0.3 is 0 Å². The van der Waals surface area contributed by atoms with Gasteiger partial charge in [0.1, 0.15) is 0 Å². The molecule has 0 aliphatic carbocycles. The molecule has 0 aromatic heterocycles. The van der Waals surface area contributed by atoms with Gasteiger partial charge in [0, 0.05) is 11.1 Å². The molecule has 112 valence electrons. The zero-order chi connectivity index (χ0) is 15.4. The zero-order valence-electron chi connectivity index (χ0n) is 12.5. The Balaban J connectivity index is 2.08. The summed E-state index contributed by atoms with van der Waals surface area (Å²) in [4.78, 5) is 0. The zero-order valence-corrected chi connectivity index (χ0v) is 13.2. The summed E-state index contributed by atoms with van der Waals surface area (Å²) in [7, 11) is 0. The molecule has 2 aromatic carbocycles. The molecule has 0 bridgehead atoms. The van der Waals surface area contributed by atoms with Gasteiger partial charge in [0.15, 0.2) is 0 Å². The van der Waals surface area contributed by atoms with Crippen LogP contribution >= 0.6 is 11.6 Å². The topological polar surface area (TPSA) is 46.2 Å². The Morgan fingerprint density at radius 2 is 1.86 bits per heavy atom. The van der Waals surface area contributed by atoms with Crippen LogP contribution in [0.1, 0.15) is 29.7 Å². The number of aliphatic hydroxyl groups is 1. The number of benzene rings is 2. The lowest BCUT2D eigenvalue weighted by atomic mass is 9.87. The van der Waals surface area contributed by atoms with Gasteiger partial charge in [0.25, 0.3) is 0 Å². The molecule has 2 rings (SSSR count). The van der Waals surface area contributed by atoms with Crippen LogP contribution in [0.3, 0.4) is 0 Å². The first-order valence-corrected chi connectivity index (χ1v) is 7.60. The van der Waals surface area contributed by atoms with Crippen LogP contribution in [0.2, 0.25) is 5.02 Å². The third-order valence-corrected chi connectivity index (χ3v) is 4.25. The maximum atomic E-state index is 10.4. The van der Waals surface area contributed by atoms with E-state index in [1.165, 1.54) is 11.1 Å². The number of hydrogen-bond donors (Lipinski definition) is 2. The molecule has 0 saturated heterocycles. The highest BCUT2D eigenvalue weighted by Gasteiger charge is 2.23. The number of aryl methyl sites for hydroxylation is 1. The van der Waals surface area contributed by atoms with Crippen LogP contribution in [-0.2, 0) is 6.42 Å². The third-order valence-electron chi connectivity index (χ3n) is 4.01. The Morgan fingerprint density at radius 1 is 1.14 bits per heavy atom. The number of aliphatic hydroxyl groups excluding tert-OH is 1. The molecule has 2 nitrogen and oxygen atoms in total. The van der Waals surface area contributed by atoms with E-state index in [4.69, 9.17) is 17.3 Å². The highest BCUT2D eigenvalue weighted by Crippen LogP contribution is 2.25. The molecule has 3 atom stereocenters. The van der Waals surface area contributed by atoms with Crippen LogP contribution < -0.4 is 5.73 Å². The molecule has 0 saturated carbocycles. The van der Waals surface area contributed by atoms with E-state index in [0.717, 1.165) is 12.0 Å². The van der Waals surface area contributed by atoms with Gasteiger partial charge in [-0.15, -0.1) is 0 Å². The predicted molar refractivity (Wildman–Crippen MR) is 88.4 cm³/mol. The van der Waals surface area contributed by atoms with E-state index in [1.807, 2.05) is 24.3 Å². The van der Waals surface area contributed by atoms with E-state index in [1.54, 1.807) is 12.1 Å². The van der Waals surface area contributed by atoms with E-state index in [0.29, 0.717) is 5.02 Å². The summed E-state index contributed by atoms with van der Waals surface area (Å²) >= 11 is 5.97. The molecule has 0 spiro atoms. The Labute approximate surface area is 131 Å². The van der Waals surface area contributed by atoms with E-state index in [2.05, 4.69) is 26.0 Å². The van der Waals surface area contributed by atoms with Crippen LogP contribution in [0, 0.1) is 12.8 Å². The van der Waals surface area contributed by atoms with E-state index in [9.17, 15) is 5.11 Å². The van der Waals surface area contributed by atoms with Crippen LogP contribution in [0.25, 0.3) is 0 Å². The Hall–Kier alpha value is -1.35. The summed E-state index contributed by atoms with van der Waals surface area (Å²) in [5, 5.41) is 11.1. The van der Waals surface area contributed by atoms with Crippen molar-refractivity contribution in [3.8, 4) is 0 Å². The maximum absolute atomic E-state index is 10.4. The smallest absolute Gasteiger partial charge is 0.0944 e. The fraction of sp³-hybridized carbons (Fsp3) is 0.333. The minimum Gasteiger partial charge on any atom is -0.387 e. The molecule has 0 radical (unpaired) electrons. The van der Waals surface area contributed by atoms with Gasteiger partial charge in [0.05, 0.1) is 6.10 Å². The van der Waals surface area contributed by atoms with E-state index in [-0.39, 0.29) is 12.0 Å². The largest absolute Gasteiger partial charge is 0.387 e. The summed E-state index contributed by atoms with van der Waals surface area (Å²) < 4.78 is 0.